The Labute approximate surface area is 140 Å². The van der Waals surface area contributed by atoms with Gasteiger partial charge in [0.25, 0.3) is 0 Å². The molecule has 1 aliphatic carbocycles. The zero-order valence-corrected chi connectivity index (χ0v) is 15.2. The van der Waals surface area contributed by atoms with Gasteiger partial charge in [-0.15, -0.1) is 0 Å². The van der Waals surface area contributed by atoms with Crippen LogP contribution in [0, 0.1) is 11.3 Å². The van der Waals surface area contributed by atoms with E-state index in [4.69, 9.17) is 4.74 Å². The van der Waals surface area contributed by atoms with Crippen molar-refractivity contribution in [2.45, 2.75) is 57.7 Å². The Balaban J connectivity index is 1.41. The molecule has 0 aromatic rings. The molecule has 5 nitrogen and oxygen atoms in total. The van der Waals surface area contributed by atoms with Gasteiger partial charge in [-0.2, -0.15) is 0 Å². The van der Waals surface area contributed by atoms with Crippen molar-refractivity contribution in [1.29, 1.82) is 0 Å². The van der Waals surface area contributed by atoms with Gasteiger partial charge in [-0.25, -0.2) is 0 Å². The van der Waals surface area contributed by atoms with Gasteiger partial charge in [-0.05, 0) is 38.8 Å². The van der Waals surface area contributed by atoms with E-state index >= 15 is 0 Å². The quantitative estimate of drug-likeness (QED) is 0.749. The maximum absolute atomic E-state index is 12.2. The molecule has 2 saturated heterocycles. The van der Waals surface area contributed by atoms with Gasteiger partial charge in [0.2, 0.25) is 5.91 Å². The van der Waals surface area contributed by atoms with Gasteiger partial charge in [0.05, 0.1) is 12.1 Å². The minimum atomic E-state index is 0.109. The van der Waals surface area contributed by atoms with Crippen LogP contribution in [0.15, 0.2) is 0 Å². The number of nitrogens with one attached hydrogen (secondary N) is 1. The Bertz CT molecular complexity index is 438. The van der Waals surface area contributed by atoms with Crippen LogP contribution in [0.5, 0.6) is 0 Å². The molecule has 2 heterocycles. The summed E-state index contributed by atoms with van der Waals surface area (Å²) in [6, 6.07) is 0.700. The van der Waals surface area contributed by atoms with Crippen LogP contribution >= 0.6 is 0 Å². The zero-order valence-electron chi connectivity index (χ0n) is 15.2. The first-order chi connectivity index (χ1) is 10.9. The Morgan fingerprint density at radius 2 is 2.13 bits per heavy atom. The molecule has 132 valence electrons. The third-order valence-corrected chi connectivity index (χ3v) is 6.18. The van der Waals surface area contributed by atoms with Crippen molar-refractivity contribution in [2.24, 2.45) is 11.3 Å². The predicted molar refractivity (Wildman–Crippen MR) is 91.3 cm³/mol. The molecule has 1 amide bonds. The van der Waals surface area contributed by atoms with Crippen LogP contribution in [-0.2, 0) is 9.53 Å². The molecule has 1 saturated carbocycles. The highest BCUT2D eigenvalue weighted by Gasteiger charge is 2.58. The SMILES string of the molecule is CN(C)C(=O)[C@@H]1CCCN1CCCN[C@@H]1[C@@H]2CCO[C@@H]2C1(C)C. The highest BCUT2D eigenvalue weighted by molar-refractivity contribution is 5.81. The van der Waals surface area contributed by atoms with Crippen LogP contribution in [0.4, 0.5) is 0 Å². The summed E-state index contributed by atoms with van der Waals surface area (Å²) in [5.74, 6) is 0.974. The van der Waals surface area contributed by atoms with E-state index in [1.165, 1.54) is 6.42 Å². The lowest BCUT2D eigenvalue weighted by Gasteiger charge is -2.55. The molecular weight excluding hydrogens is 290 g/mol. The maximum atomic E-state index is 12.2. The smallest absolute Gasteiger partial charge is 0.239 e. The zero-order chi connectivity index (χ0) is 16.6. The van der Waals surface area contributed by atoms with Crippen molar-refractivity contribution >= 4 is 5.91 Å². The van der Waals surface area contributed by atoms with E-state index in [0.29, 0.717) is 18.1 Å². The lowest BCUT2D eigenvalue weighted by atomic mass is 9.57. The van der Waals surface area contributed by atoms with E-state index in [2.05, 4.69) is 24.1 Å². The summed E-state index contributed by atoms with van der Waals surface area (Å²) in [6.45, 7) is 8.70. The molecule has 0 bridgehead atoms. The summed E-state index contributed by atoms with van der Waals surface area (Å²) in [7, 11) is 3.72. The topological polar surface area (TPSA) is 44.8 Å². The average molecular weight is 323 g/mol. The van der Waals surface area contributed by atoms with Crippen molar-refractivity contribution < 1.29 is 9.53 Å². The average Bonchev–Trinajstić information content (AvgIpc) is 3.13. The Morgan fingerprint density at radius 3 is 2.87 bits per heavy atom. The van der Waals surface area contributed by atoms with Gasteiger partial charge in [0.15, 0.2) is 0 Å². The monoisotopic (exact) mass is 323 g/mol. The largest absolute Gasteiger partial charge is 0.377 e. The second kappa shape index (κ2) is 6.69. The number of hydrogen-bond donors (Lipinski definition) is 1. The van der Waals surface area contributed by atoms with Gasteiger partial charge >= 0.3 is 0 Å². The number of hydrogen-bond acceptors (Lipinski definition) is 4. The molecule has 5 heteroatoms. The Hall–Kier alpha value is -0.650. The van der Waals surface area contributed by atoms with E-state index in [1.807, 2.05) is 14.1 Å². The fraction of sp³-hybridized carbons (Fsp3) is 0.944. The van der Waals surface area contributed by atoms with Gasteiger partial charge in [0, 0.05) is 44.6 Å². The molecule has 0 radical (unpaired) electrons. The van der Waals surface area contributed by atoms with Crippen LogP contribution < -0.4 is 5.32 Å². The molecule has 0 aromatic heterocycles. The highest BCUT2D eigenvalue weighted by Crippen LogP contribution is 2.52. The van der Waals surface area contributed by atoms with E-state index in [1.54, 1.807) is 4.90 Å². The fourth-order valence-electron chi connectivity index (χ4n) is 4.95. The van der Waals surface area contributed by atoms with Crippen molar-refractivity contribution in [2.75, 3.05) is 40.3 Å². The molecule has 4 atom stereocenters. The maximum Gasteiger partial charge on any atom is 0.239 e. The first kappa shape index (κ1) is 17.2. The molecule has 0 unspecified atom stereocenters. The third kappa shape index (κ3) is 3.15. The first-order valence-corrected chi connectivity index (χ1v) is 9.23. The number of likely N-dealkylation sites (N-methyl/N-ethyl adjacent to an activating group) is 1. The molecule has 0 aromatic carbocycles. The molecule has 0 spiro atoms. The highest BCUT2D eigenvalue weighted by atomic mass is 16.5. The van der Waals surface area contributed by atoms with Crippen molar-refractivity contribution in [3.05, 3.63) is 0 Å². The second-order valence-electron chi connectivity index (χ2n) is 8.28. The van der Waals surface area contributed by atoms with Crippen molar-refractivity contribution in [1.82, 2.24) is 15.1 Å². The molecule has 2 aliphatic heterocycles. The van der Waals surface area contributed by atoms with Gasteiger partial charge in [0.1, 0.15) is 0 Å². The molecule has 1 N–H and O–H groups in total. The lowest BCUT2D eigenvalue weighted by molar-refractivity contribution is -0.133. The van der Waals surface area contributed by atoms with Crippen LogP contribution in [0.3, 0.4) is 0 Å². The summed E-state index contributed by atoms with van der Waals surface area (Å²) in [5.41, 5.74) is 0.262. The number of carbonyl (C=O) groups is 1. The molecule has 3 rings (SSSR count). The van der Waals surface area contributed by atoms with Gasteiger partial charge in [-0.3, -0.25) is 9.69 Å². The van der Waals surface area contributed by atoms with E-state index in [9.17, 15) is 4.79 Å². The normalized spacial score (nSPS) is 35.8. The molecule has 3 fully saturated rings. The summed E-state index contributed by atoms with van der Waals surface area (Å²) in [6.07, 6.45) is 4.94. The van der Waals surface area contributed by atoms with Crippen molar-refractivity contribution in [3.63, 3.8) is 0 Å². The predicted octanol–water partition coefficient (Wildman–Crippen LogP) is 1.33. The standard InChI is InChI=1S/C18H33N3O2/c1-18(2)15(13-8-12-23-16(13)18)19-9-6-11-21-10-5-7-14(21)17(22)20(3)4/h13-16,19H,5-12H2,1-4H3/t13-,14-,15+,16-/m0/s1. The second-order valence-corrected chi connectivity index (χ2v) is 8.28. The summed E-state index contributed by atoms with van der Waals surface area (Å²) in [4.78, 5) is 16.3. The number of nitrogens with zero attached hydrogens (tertiary/aromatic N) is 2. The van der Waals surface area contributed by atoms with Gasteiger partial charge < -0.3 is 15.0 Å². The van der Waals surface area contributed by atoms with Crippen LogP contribution in [0.2, 0.25) is 0 Å². The summed E-state index contributed by atoms with van der Waals surface area (Å²) in [5, 5.41) is 3.77. The number of ether oxygens (including phenoxy) is 1. The number of carbonyl (C=O) groups excluding carboxylic acids is 1. The molecule has 3 aliphatic rings. The Morgan fingerprint density at radius 1 is 1.35 bits per heavy atom. The van der Waals surface area contributed by atoms with Crippen LogP contribution in [0.25, 0.3) is 0 Å². The molecule has 23 heavy (non-hydrogen) atoms. The van der Waals surface area contributed by atoms with E-state index in [0.717, 1.165) is 45.5 Å². The van der Waals surface area contributed by atoms with E-state index in [-0.39, 0.29) is 17.4 Å². The minimum Gasteiger partial charge on any atom is -0.377 e. The summed E-state index contributed by atoms with van der Waals surface area (Å²) < 4.78 is 5.86. The number of rotatable bonds is 6. The van der Waals surface area contributed by atoms with Gasteiger partial charge in [-0.1, -0.05) is 13.8 Å². The summed E-state index contributed by atoms with van der Waals surface area (Å²) >= 11 is 0. The lowest BCUT2D eigenvalue weighted by Crippen LogP contribution is -2.65. The third-order valence-electron chi connectivity index (χ3n) is 6.18. The Kier molecular flexibility index (Phi) is 5.00. The van der Waals surface area contributed by atoms with E-state index < -0.39 is 0 Å². The molecular formula is C18H33N3O2. The number of amides is 1. The number of fused-ring (bicyclic) bond motifs is 1. The van der Waals surface area contributed by atoms with Crippen LogP contribution in [0.1, 0.15) is 39.5 Å². The minimum absolute atomic E-state index is 0.109. The fourth-order valence-corrected chi connectivity index (χ4v) is 4.95. The van der Waals surface area contributed by atoms with Crippen LogP contribution in [-0.4, -0.2) is 74.2 Å². The van der Waals surface area contributed by atoms with Crippen molar-refractivity contribution in [3.8, 4) is 0 Å². The first-order valence-electron chi connectivity index (χ1n) is 9.23. The number of likely N-dealkylation sites (tertiary alicyclic amines) is 1.